The Bertz CT molecular complexity index is 917. The lowest BCUT2D eigenvalue weighted by Crippen LogP contribution is -2.14. The van der Waals surface area contributed by atoms with Crippen LogP contribution in [-0.2, 0) is 4.79 Å². The fraction of sp³-hybridized carbons (Fsp3) is 0.105. The van der Waals surface area contributed by atoms with E-state index in [0.717, 1.165) is 15.7 Å². The van der Waals surface area contributed by atoms with Crippen molar-refractivity contribution in [3.05, 3.63) is 70.5 Å². The van der Waals surface area contributed by atoms with Gasteiger partial charge in [-0.2, -0.15) is 0 Å². The number of carbonyl (C=O) groups excluding carboxylic acids is 1. The second-order valence-corrected chi connectivity index (χ2v) is 7.48. The number of aryl methyl sites for hydroxylation is 1. The molecule has 4 nitrogen and oxygen atoms in total. The lowest BCUT2D eigenvalue weighted by Gasteiger charge is -2.06. The molecule has 0 aliphatic heterocycles. The van der Waals surface area contributed by atoms with Crippen molar-refractivity contribution < 1.29 is 9.18 Å². The number of carbonyl (C=O) groups is 1. The molecule has 0 atom stereocenters. The third-order valence-corrected chi connectivity index (χ3v) is 5.04. The molecule has 132 valence electrons. The fourth-order valence-electron chi connectivity index (χ4n) is 2.18. The maximum Gasteiger partial charge on any atom is 0.234 e. The van der Waals surface area contributed by atoms with Crippen LogP contribution in [0.2, 0.25) is 0 Å². The Kier molecular flexibility index (Phi) is 6.00. The Labute approximate surface area is 163 Å². The van der Waals surface area contributed by atoms with E-state index in [9.17, 15) is 9.18 Å². The predicted molar refractivity (Wildman–Crippen MR) is 106 cm³/mol. The van der Waals surface area contributed by atoms with Crippen molar-refractivity contribution in [3.63, 3.8) is 0 Å². The molecule has 0 saturated carbocycles. The summed E-state index contributed by atoms with van der Waals surface area (Å²) in [4.78, 5) is 12.0. The van der Waals surface area contributed by atoms with Gasteiger partial charge in [-0.3, -0.25) is 4.79 Å². The third kappa shape index (κ3) is 4.89. The highest BCUT2D eigenvalue weighted by molar-refractivity contribution is 9.10. The van der Waals surface area contributed by atoms with E-state index in [2.05, 4.69) is 31.4 Å². The van der Waals surface area contributed by atoms with E-state index in [4.69, 9.17) is 0 Å². The van der Waals surface area contributed by atoms with Gasteiger partial charge in [0.05, 0.1) is 11.4 Å². The van der Waals surface area contributed by atoms with Crippen molar-refractivity contribution in [2.75, 3.05) is 11.1 Å². The Morgan fingerprint density at radius 3 is 2.54 bits per heavy atom. The monoisotopic (exact) mass is 431 g/mol. The van der Waals surface area contributed by atoms with Gasteiger partial charge < -0.3 is 5.32 Å². The van der Waals surface area contributed by atoms with Crippen LogP contribution in [0.25, 0.3) is 11.3 Å². The number of benzene rings is 2. The molecule has 1 amide bonds. The first-order valence-corrected chi connectivity index (χ1v) is 9.57. The number of hydrogen-bond donors (Lipinski definition) is 1. The second-order valence-electron chi connectivity index (χ2n) is 5.56. The minimum atomic E-state index is -0.343. The Morgan fingerprint density at radius 2 is 1.88 bits per heavy atom. The lowest BCUT2D eigenvalue weighted by molar-refractivity contribution is -0.113. The van der Waals surface area contributed by atoms with Crippen molar-refractivity contribution in [1.29, 1.82) is 0 Å². The van der Waals surface area contributed by atoms with Crippen molar-refractivity contribution in [2.45, 2.75) is 11.9 Å². The summed E-state index contributed by atoms with van der Waals surface area (Å²) in [7, 11) is 0. The summed E-state index contributed by atoms with van der Waals surface area (Å²) in [5, 5.41) is 11.7. The van der Waals surface area contributed by atoms with Crippen LogP contribution in [0.1, 0.15) is 5.56 Å². The minimum Gasteiger partial charge on any atom is -0.325 e. The van der Waals surface area contributed by atoms with Gasteiger partial charge >= 0.3 is 0 Å². The van der Waals surface area contributed by atoms with Gasteiger partial charge in [-0.15, -0.1) is 10.2 Å². The molecule has 0 bridgehead atoms. The first-order valence-electron chi connectivity index (χ1n) is 7.80. The van der Waals surface area contributed by atoms with Crippen LogP contribution < -0.4 is 5.32 Å². The molecular weight excluding hydrogens is 417 g/mol. The number of amides is 1. The number of nitrogens with zero attached hydrogens (tertiary/aromatic N) is 2. The standard InChI is InChI=1S/C19H15BrFN3OS/c1-12-2-7-15(10-16(12)21)22-18(25)11-26-19-9-8-17(23-24-19)13-3-5-14(20)6-4-13/h2-10H,11H2,1H3,(H,22,25). The highest BCUT2D eigenvalue weighted by Gasteiger charge is 2.07. The number of rotatable bonds is 5. The molecule has 3 aromatic rings. The molecule has 2 aromatic carbocycles. The molecule has 0 aliphatic rings. The van der Waals surface area contributed by atoms with Crippen molar-refractivity contribution in [3.8, 4) is 11.3 Å². The minimum absolute atomic E-state index is 0.168. The van der Waals surface area contributed by atoms with Crippen molar-refractivity contribution in [2.24, 2.45) is 0 Å². The van der Waals surface area contributed by atoms with Crippen molar-refractivity contribution in [1.82, 2.24) is 10.2 Å². The first-order chi connectivity index (χ1) is 12.5. The summed E-state index contributed by atoms with van der Waals surface area (Å²) >= 11 is 4.67. The number of thioether (sulfide) groups is 1. The summed E-state index contributed by atoms with van der Waals surface area (Å²) in [5.41, 5.74) is 2.71. The largest absolute Gasteiger partial charge is 0.325 e. The van der Waals surface area contributed by atoms with Crippen LogP contribution in [0.5, 0.6) is 0 Å². The fourth-order valence-corrected chi connectivity index (χ4v) is 3.06. The SMILES string of the molecule is Cc1ccc(NC(=O)CSc2ccc(-c3ccc(Br)cc3)nn2)cc1F. The average Bonchev–Trinajstić information content (AvgIpc) is 2.64. The van der Waals surface area contributed by atoms with E-state index >= 15 is 0 Å². The lowest BCUT2D eigenvalue weighted by atomic mass is 10.1. The number of nitrogens with one attached hydrogen (secondary N) is 1. The van der Waals surface area contributed by atoms with E-state index in [0.29, 0.717) is 16.3 Å². The number of halogens is 2. The number of hydrogen-bond acceptors (Lipinski definition) is 4. The number of anilines is 1. The van der Waals surface area contributed by atoms with Crippen LogP contribution in [-0.4, -0.2) is 21.9 Å². The topological polar surface area (TPSA) is 54.9 Å². The van der Waals surface area contributed by atoms with Crippen LogP contribution in [0, 0.1) is 12.7 Å². The summed E-state index contributed by atoms with van der Waals surface area (Å²) in [6.45, 7) is 1.67. The molecule has 0 unspecified atom stereocenters. The smallest absolute Gasteiger partial charge is 0.234 e. The molecule has 1 heterocycles. The first kappa shape index (κ1) is 18.5. The molecular formula is C19H15BrFN3OS. The van der Waals surface area contributed by atoms with Gasteiger partial charge in [0.2, 0.25) is 5.91 Å². The summed E-state index contributed by atoms with van der Waals surface area (Å²) in [6, 6.07) is 16.1. The van der Waals surface area contributed by atoms with E-state index in [1.54, 1.807) is 19.1 Å². The molecule has 1 aromatic heterocycles. The van der Waals surface area contributed by atoms with E-state index in [1.807, 2.05) is 36.4 Å². The molecule has 0 fully saturated rings. The molecule has 0 spiro atoms. The van der Waals surface area contributed by atoms with E-state index in [-0.39, 0.29) is 17.5 Å². The summed E-state index contributed by atoms with van der Waals surface area (Å²) in [6.07, 6.45) is 0. The number of aromatic nitrogens is 2. The van der Waals surface area contributed by atoms with E-state index < -0.39 is 0 Å². The summed E-state index contributed by atoms with van der Waals surface area (Å²) < 4.78 is 14.5. The van der Waals surface area contributed by atoms with Gasteiger partial charge in [-0.25, -0.2) is 4.39 Å². The van der Waals surface area contributed by atoms with Gasteiger partial charge in [0.25, 0.3) is 0 Å². The second kappa shape index (κ2) is 8.42. The zero-order valence-corrected chi connectivity index (χ0v) is 16.3. The molecule has 1 N–H and O–H groups in total. The zero-order valence-electron chi connectivity index (χ0n) is 13.9. The molecule has 26 heavy (non-hydrogen) atoms. The Morgan fingerprint density at radius 1 is 1.12 bits per heavy atom. The maximum absolute atomic E-state index is 13.5. The van der Waals surface area contributed by atoms with Crippen LogP contribution in [0.4, 0.5) is 10.1 Å². The molecule has 0 radical (unpaired) electrons. The van der Waals surface area contributed by atoms with Gasteiger partial charge in [-0.1, -0.05) is 45.9 Å². The summed E-state index contributed by atoms with van der Waals surface area (Å²) in [5.74, 6) is -0.399. The maximum atomic E-state index is 13.5. The highest BCUT2D eigenvalue weighted by atomic mass is 79.9. The quantitative estimate of drug-likeness (QED) is 0.571. The molecule has 7 heteroatoms. The zero-order chi connectivity index (χ0) is 18.5. The normalized spacial score (nSPS) is 10.6. The van der Waals surface area contributed by atoms with Crippen LogP contribution in [0.3, 0.4) is 0 Å². The van der Waals surface area contributed by atoms with Crippen LogP contribution in [0.15, 0.2) is 64.1 Å². The van der Waals surface area contributed by atoms with Crippen molar-refractivity contribution >= 4 is 39.3 Å². The molecule has 0 saturated heterocycles. The van der Waals surface area contributed by atoms with Gasteiger partial charge in [0.1, 0.15) is 10.8 Å². The molecule has 0 aliphatic carbocycles. The molecule has 3 rings (SSSR count). The Balaban J connectivity index is 1.56. The van der Waals surface area contributed by atoms with Gasteiger partial charge in [0.15, 0.2) is 0 Å². The van der Waals surface area contributed by atoms with E-state index in [1.165, 1.54) is 17.8 Å². The average molecular weight is 432 g/mol. The van der Waals surface area contributed by atoms with Crippen LogP contribution >= 0.6 is 27.7 Å². The van der Waals surface area contributed by atoms with Gasteiger partial charge in [0, 0.05) is 15.7 Å². The third-order valence-electron chi connectivity index (χ3n) is 3.59. The van der Waals surface area contributed by atoms with Gasteiger partial charge in [-0.05, 0) is 48.9 Å². The Hall–Kier alpha value is -2.25. The predicted octanol–water partition coefficient (Wildman–Crippen LogP) is 5.08. The highest BCUT2D eigenvalue weighted by Crippen LogP contribution is 2.22.